The second-order valence-corrected chi connectivity index (χ2v) is 7.83. The van der Waals surface area contributed by atoms with Gasteiger partial charge in [-0.05, 0) is 61.1 Å². The van der Waals surface area contributed by atoms with Gasteiger partial charge in [0.25, 0.3) is 5.91 Å². The van der Waals surface area contributed by atoms with Crippen LogP contribution in [0.3, 0.4) is 0 Å². The third-order valence-corrected chi connectivity index (χ3v) is 5.93. The largest absolute Gasteiger partial charge is 0.339 e. The molecular weight excluding hydrogens is 384 g/mol. The third-order valence-electron chi connectivity index (χ3n) is 5.64. The molecule has 1 fully saturated rings. The van der Waals surface area contributed by atoms with Crippen LogP contribution in [0.25, 0.3) is 11.3 Å². The van der Waals surface area contributed by atoms with Crippen molar-refractivity contribution in [3.63, 3.8) is 0 Å². The summed E-state index contributed by atoms with van der Waals surface area (Å²) in [5, 5.41) is 16.4. The van der Waals surface area contributed by atoms with Gasteiger partial charge in [-0.25, -0.2) is 0 Å². The van der Waals surface area contributed by atoms with E-state index in [0.717, 1.165) is 42.8 Å². The van der Waals surface area contributed by atoms with Gasteiger partial charge >= 0.3 is 0 Å². The van der Waals surface area contributed by atoms with E-state index in [-0.39, 0.29) is 5.91 Å². The van der Waals surface area contributed by atoms with Crippen LogP contribution in [0, 0.1) is 18.3 Å². The predicted octanol–water partition coefficient (Wildman–Crippen LogP) is 4.93. The van der Waals surface area contributed by atoms with Crippen molar-refractivity contribution in [1.82, 2.24) is 15.1 Å². The van der Waals surface area contributed by atoms with E-state index < -0.39 is 0 Å². The van der Waals surface area contributed by atoms with Gasteiger partial charge in [-0.15, -0.1) is 0 Å². The number of aromatic amines is 1. The maximum atomic E-state index is 13.1. The Morgan fingerprint density at radius 2 is 1.93 bits per heavy atom. The fraction of sp³-hybridized carbons (Fsp3) is 0.261. The molecular formula is C23H21ClN4O. The number of piperidine rings is 1. The van der Waals surface area contributed by atoms with Crippen molar-refractivity contribution < 1.29 is 4.79 Å². The summed E-state index contributed by atoms with van der Waals surface area (Å²) in [5.41, 5.74) is 5.24. The van der Waals surface area contributed by atoms with Gasteiger partial charge in [0.15, 0.2) is 0 Å². The van der Waals surface area contributed by atoms with Crippen LogP contribution in [-0.4, -0.2) is 34.1 Å². The summed E-state index contributed by atoms with van der Waals surface area (Å²) in [6.07, 6.45) is 3.41. The molecule has 5 nitrogen and oxygen atoms in total. The molecule has 1 saturated heterocycles. The number of nitrogens with zero attached hydrogens (tertiary/aromatic N) is 3. The van der Waals surface area contributed by atoms with Crippen LogP contribution in [0.5, 0.6) is 0 Å². The zero-order valence-electron chi connectivity index (χ0n) is 16.2. The number of aromatic nitrogens is 2. The molecule has 0 saturated carbocycles. The van der Waals surface area contributed by atoms with Crippen molar-refractivity contribution in [2.45, 2.75) is 25.7 Å². The lowest BCUT2D eigenvalue weighted by molar-refractivity contribution is 0.0713. The number of H-pyrrole nitrogens is 1. The van der Waals surface area contributed by atoms with Crippen LogP contribution < -0.4 is 0 Å². The van der Waals surface area contributed by atoms with Gasteiger partial charge in [0.2, 0.25) is 0 Å². The van der Waals surface area contributed by atoms with Gasteiger partial charge in [-0.3, -0.25) is 9.89 Å². The van der Waals surface area contributed by atoms with Crippen molar-refractivity contribution in [1.29, 1.82) is 5.26 Å². The SMILES string of the molecule is Cc1ccc(C(=O)N2CCC(c3ccc(C#N)cc3)CC2)cc1-c1[nH]ncc1Cl. The van der Waals surface area contributed by atoms with Gasteiger partial charge in [0, 0.05) is 24.2 Å². The van der Waals surface area contributed by atoms with Crippen LogP contribution in [0.15, 0.2) is 48.7 Å². The molecule has 0 atom stereocenters. The zero-order chi connectivity index (χ0) is 20.4. The minimum atomic E-state index is 0.0418. The molecule has 146 valence electrons. The number of carbonyl (C=O) groups is 1. The molecule has 0 unspecified atom stereocenters. The van der Waals surface area contributed by atoms with Gasteiger partial charge in [0.1, 0.15) is 0 Å². The topological polar surface area (TPSA) is 72.8 Å². The highest BCUT2D eigenvalue weighted by molar-refractivity contribution is 6.33. The van der Waals surface area contributed by atoms with Crippen LogP contribution in [-0.2, 0) is 0 Å². The molecule has 4 rings (SSSR count). The second-order valence-electron chi connectivity index (χ2n) is 7.42. The Hall–Kier alpha value is -3.10. The minimum absolute atomic E-state index is 0.0418. The number of rotatable bonds is 3. The highest BCUT2D eigenvalue weighted by Crippen LogP contribution is 2.31. The first-order valence-electron chi connectivity index (χ1n) is 9.66. The van der Waals surface area contributed by atoms with Crippen LogP contribution in [0.1, 0.15) is 45.8 Å². The Kier molecular flexibility index (Phi) is 5.37. The zero-order valence-corrected chi connectivity index (χ0v) is 16.9. The Labute approximate surface area is 174 Å². The van der Waals surface area contributed by atoms with E-state index in [2.05, 4.69) is 16.3 Å². The van der Waals surface area contributed by atoms with E-state index in [4.69, 9.17) is 16.9 Å². The summed E-state index contributed by atoms with van der Waals surface area (Å²) in [4.78, 5) is 15.0. The second kappa shape index (κ2) is 8.10. The van der Waals surface area contributed by atoms with E-state index in [1.165, 1.54) is 5.56 Å². The fourth-order valence-corrected chi connectivity index (χ4v) is 4.11. The maximum Gasteiger partial charge on any atom is 0.253 e. The summed E-state index contributed by atoms with van der Waals surface area (Å²) in [7, 11) is 0. The number of hydrogen-bond donors (Lipinski definition) is 1. The molecule has 3 aromatic rings. The molecule has 29 heavy (non-hydrogen) atoms. The normalized spacial score (nSPS) is 14.6. The summed E-state index contributed by atoms with van der Waals surface area (Å²) in [6.45, 7) is 3.43. The molecule has 1 aromatic heterocycles. The number of halogens is 1. The monoisotopic (exact) mass is 404 g/mol. The first-order valence-corrected chi connectivity index (χ1v) is 10.0. The number of benzene rings is 2. The van der Waals surface area contributed by atoms with E-state index in [0.29, 0.717) is 22.1 Å². The Balaban J connectivity index is 1.47. The maximum absolute atomic E-state index is 13.1. The van der Waals surface area contributed by atoms with E-state index in [1.54, 1.807) is 6.20 Å². The number of hydrogen-bond acceptors (Lipinski definition) is 3. The molecule has 1 aliphatic heterocycles. The smallest absolute Gasteiger partial charge is 0.253 e. The number of likely N-dealkylation sites (tertiary alicyclic amines) is 1. The van der Waals surface area contributed by atoms with Crippen molar-refractivity contribution >= 4 is 17.5 Å². The van der Waals surface area contributed by atoms with E-state index >= 15 is 0 Å². The Morgan fingerprint density at radius 3 is 2.55 bits per heavy atom. The average Bonchev–Trinajstić information content (AvgIpc) is 3.19. The van der Waals surface area contributed by atoms with Crippen molar-refractivity contribution in [2.24, 2.45) is 0 Å². The van der Waals surface area contributed by atoms with E-state index in [1.807, 2.05) is 54.3 Å². The molecule has 6 heteroatoms. The summed E-state index contributed by atoms with van der Waals surface area (Å²) in [6, 6.07) is 15.6. The summed E-state index contributed by atoms with van der Waals surface area (Å²) >= 11 is 6.21. The van der Waals surface area contributed by atoms with Crippen molar-refractivity contribution in [3.05, 3.63) is 75.9 Å². The molecule has 2 heterocycles. The number of aryl methyl sites for hydroxylation is 1. The molecule has 1 aliphatic rings. The Morgan fingerprint density at radius 1 is 1.21 bits per heavy atom. The molecule has 0 radical (unpaired) electrons. The number of amides is 1. The lowest BCUT2D eigenvalue weighted by atomic mass is 9.88. The van der Waals surface area contributed by atoms with Gasteiger partial charge in [0.05, 0.1) is 28.5 Å². The number of nitriles is 1. The molecule has 0 bridgehead atoms. The molecule has 1 N–H and O–H groups in total. The van der Waals surface area contributed by atoms with Gasteiger partial charge in [-0.2, -0.15) is 10.4 Å². The van der Waals surface area contributed by atoms with Crippen LogP contribution in [0.2, 0.25) is 5.02 Å². The lowest BCUT2D eigenvalue weighted by Crippen LogP contribution is -2.37. The molecule has 2 aromatic carbocycles. The van der Waals surface area contributed by atoms with E-state index in [9.17, 15) is 4.79 Å². The van der Waals surface area contributed by atoms with Crippen molar-refractivity contribution in [2.75, 3.05) is 13.1 Å². The highest BCUT2D eigenvalue weighted by atomic mass is 35.5. The first kappa shape index (κ1) is 19.2. The standard InChI is InChI=1S/C23H21ClN4O/c1-15-2-5-19(12-20(15)22-21(24)14-26-27-22)23(29)28-10-8-18(9-11-28)17-6-3-16(13-25)4-7-17/h2-7,12,14,18H,8-11H2,1H3,(H,26,27). The van der Waals surface area contributed by atoms with Gasteiger partial charge < -0.3 is 4.90 Å². The first-order chi connectivity index (χ1) is 14.1. The Bertz CT molecular complexity index is 1070. The molecule has 1 amide bonds. The fourth-order valence-electron chi connectivity index (χ4n) is 3.91. The number of nitrogens with one attached hydrogen (secondary N) is 1. The van der Waals surface area contributed by atoms with Crippen LogP contribution >= 0.6 is 11.6 Å². The number of carbonyl (C=O) groups excluding carboxylic acids is 1. The minimum Gasteiger partial charge on any atom is -0.339 e. The predicted molar refractivity (Wildman–Crippen MR) is 113 cm³/mol. The summed E-state index contributed by atoms with van der Waals surface area (Å²) in [5.74, 6) is 0.462. The highest BCUT2D eigenvalue weighted by Gasteiger charge is 2.25. The van der Waals surface area contributed by atoms with Crippen LogP contribution in [0.4, 0.5) is 0 Å². The summed E-state index contributed by atoms with van der Waals surface area (Å²) < 4.78 is 0. The van der Waals surface area contributed by atoms with Gasteiger partial charge in [-0.1, -0.05) is 29.8 Å². The molecule has 0 aliphatic carbocycles. The quantitative estimate of drug-likeness (QED) is 0.672. The lowest BCUT2D eigenvalue weighted by Gasteiger charge is -2.32. The van der Waals surface area contributed by atoms with Crippen molar-refractivity contribution in [3.8, 4) is 17.3 Å². The third kappa shape index (κ3) is 3.90. The average molecular weight is 405 g/mol. The molecule has 0 spiro atoms.